The van der Waals surface area contributed by atoms with Crippen LogP contribution in [0.2, 0.25) is 0 Å². The third-order valence-corrected chi connectivity index (χ3v) is 5.11. The minimum atomic E-state index is 0.769. The van der Waals surface area contributed by atoms with Crippen molar-refractivity contribution in [3.05, 3.63) is 11.6 Å². The molecule has 3 rings (SSSR count). The molecule has 0 aromatic heterocycles. The van der Waals surface area contributed by atoms with E-state index >= 15 is 0 Å². The molecular formula is C17H34N2S. The number of allylic oxidation sites excluding steroid dienone is 1. The highest BCUT2D eigenvalue weighted by atomic mass is 32.1. The highest BCUT2D eigenvalue weighted by Gasteiger charge is 2.46. The first-order valence-corrected chi connectivity index (χ1v) is 8.89. The first kappa shape index (κ1) is 18.1. The summed E-state index contributed by atoms with van der Waals surface area (Å²) in [5, 5.41) is 0. The average Bonchev–Trinajstić information content (AvgIpc) is 2.88. The van der Waals surface area contributed by atoms with Gasteiger partial charge in [-0.05, 0) is 70.8 Å². The summed E-state index contributed by atoms with van der Waals surface area (Å²) in [5.74, 6) is 1.03. The van der Waals surface area contributed by atoms with Gasteiger partial charge in [0.1, 0.15) is 0 Å². The summed E-state index contributed by atoms with van der Waals surface area (Å²) in [4.78, 5) is 4.81. The minimum absolute atomic E-state index is 0.769. The molecule has 1 saturated carbocycles. The van der Waals surface area contributed by atoms with Crippen molar-refractivity contribution >= 4 is 12.6 Å². The fourth-order valence-electron chi connectivity index (χ4n) is 3.18. The molecule has 0 spiro atoms. The molecule has 3 aliphatic rings. The lowest BCUT2D eigenvalue weighted by molar-refractivity contribution is 0.320. The molecule has 2 heterocycles. The number of nitrogens with zero attached hydrogens (tertiary/aromatic N) is 2. The van der Waals surface area contributed by atoms with Gasteiger partial charge in [-0.15, -0.1) is 0 Å². The molecule has 0 radical (unpaired) electrons. The van der Waals surface area contributed by atoms with Crippen LogP contribution in [0.1, 0.15) is 39.5 Å². The lowest BCUT2D eigenvalue weighted by Gasteiger charge is -2.16. The maximum absolute atomic E-state index is 3.53. The molecule has 1 aliphatic carbocycles. The average molecular weight is 299 g/mol. The summed E-state index contributed by atoms with van der Waals surface area (Å²) in [5.41, 5.74) is 2.36. The Morgan fingerprint density at radius 1 is 1.15 bits per heavy atom. The normalized spacial score (nSPS) is 30.5. The van der Waals surface area contributed by atoms with Gasteiger partial charge in [0.15, 0.2) is 0 Å². The van der Waals surface area contributed by atoms with E-state index in [-0.39, 0.29) is 0 Å². The molecule has 0 bridgehead atoms. The lowest BCUT2D eigenvalue weighted by Crippen LogP contribution is -2.18. The fraction of sp³-hybridized carbons (Fsp3) is 0.882. The highest BCUT2D eigenvalue weighted by Crippen LogP contribution is 2.54. The van der Waals surface area contributed by atoms with Gasteiger partial charge in [-0.3, -0.25) is 0 Å². The van der Waals surface area contributed by atoms with Crippen LogP contribution in [0.25, 0.3) is 0 Å². The molecule has 20 heavy (non-hydrogen) atoms. The van der Waals surface area contributed by atoms with E-state index in [1.807, 2.05) is 0 Å². The molecule has 2 nitrogen and oxygen atoms in total. The van der Waals surface area contributed by atoms with E-state index in [0.717, 1.165) is 11.3 Å². The Bertz CT molecular complexity index is 310. The quantitative estimate of drug-likeness (QED) is 0.584. The Labute approximate surface area is 132 Å². The van der Waals surface area contributed by atoms with Crippen LogP contribution in [0.4, 0.5) is 0 Å². The summed E-state index contributed by atoms with van der Waals surface area (Å²) >= 11 is 3.53. The lowest BCUT2D eigenvalue weighted by atomic mass is 9.90. The van der Waals surface area contributed by atoms with Gasteiger partial charge in [-0.2, -0.15) is 12.6 Å². The first-order chi connectivity index (χ1) is 9.53. The smallest absolute Gasteiger partial charge is 0.0190 e. The van der Waals surface area contributed by atoms with Crippen LogP contribution < -0.4 is 0 Å². The largest absolute Gasteiger partial charge is 0.306 e. The van der Waals surface area contributed by atoms with Crippen LogP contribution in [0.15, 0.2) is 11.6 Å². The van der Waals surface area contributed by atoms with Gasteiger partial charge < -0.3 is 9.80 Å². The van der Waals surface area contributed by atoms with Crippen LogP contribution in [0.5, 0.6) is 0 Å². The van der Waals surface area contributed by atoms with E-state index in [9.17, 15) is 0 Å². The van der Waals surface area contributed by atoms with Crippen LogP contribution in [-0.2, 0) is 0 Å². The van der Waals surface area contributed by atoms with E-state index in [0.29, 0.717) is 0 Å². The van der Waals surface area contributed by atoms with Crippen molar-refractivity contribution in [2.45, 2.75) is 39.5 Å². The molecule has 0 amide bonds. The van der Waals surface area contributed by atoms with E-state index in [1.165, 1.54) is 51.9 Å². The molecule has 0 aromatic rings. The zero-order valence-corrected chi connectivity index (χ0v) is 15.0. The van der Waals surface area contributed by atoms with Gasteiger partial charge in [0, 0.05) is 19.6 Å². The summed E-state index contributed by atoms with van der Waals surface area (Å²) < 4.78 is 0. The van der Waals surface area contributed by atoms with Crippen LogP contribution in [-0.4, -0.2) is 56.3 Å². The van der Waals surface area contributed by atoms with Gasteiger partial charge in [-0.1, -0.05) is 18.6 Å². The molecule has 0 aromatic carbocycles. The van der Waals surface area contributed by atoms with Crippen LogP contribution in [0, 0.1) is 11.3 Å². The third-order valence-electron chi connectivity index (χ3n) is 5.11. The molecule has 3 fully saturated rings. The maximum atomic E-state index is 3.53. The summed E-state index contributed by atoms with van der Waals surface area (Å²) in [7, 11) is 4.40. The standard InChI is InChI=1S/C9H17N.C7H13N.CH4S/c1-9(4-5-9)8-3-6-10(2)7-8;1-3-7-4-5-8(2)6-7;1-2/h8H,3-7H2,1-2H3;3H,4-6H2,1-2H3;2H,1H3/b;7-3-;. The minimum Gasteiger partial charge on any atom is -0.306 e. The molecule has 1 unspecified atom stereocenters. The van der Waals surface area contributed by atoms with Crippen molar-refractivity contribution in [3.63, 3.8) is 0 Å². The van der Waals surface area contributed by atoms with Gasteiger partial charge >= 0.3 is 0 Å². The summed E-state index contributed by atoms with van der Waals surface area (Å²) in [6.45, 7) is 9.71. The Morgan fingerprint density at radius 2 is 1.80 bits per heavy atom. The number of rotatable bonds is 1. The second kappa shape index (κ2) is 8.45. The molecule has 1 atom stereocenters. The zero-order valence-electron chi connectivity index (χ0n) is 14.2. The Kier molecular flexibility index (Phi) is 7.63. The van der Waals surface area contributed by atoms with Gasteiger partial charge in [0.05, 0.1) is 0 Å². The number of likely N-dealkylation sites (N-methyl/N-ethyl adjacent to an activating group) is 1. The van der Waals surface area contributed by atoms with Crippen molar-refractivity contribution in [1.82, 2.24) is 9.80 Å². The van der Waals surface area contributed by atoms with E-state index in [1.54, 1.807) is 11.8 Å². The first-order valence-electron chi connectivity index (χ1n) is 7.99. The van der Waals surface area contributed by atoms with Crippen molar-refractivity contribution in [2.75, 3.05) is 46.5 Å². The molecule has 0 N–H and O–H groups in total. The van der Waals surface area contributed by atoms with Crippen molar-refractivity contribution in [3.8, 4) is 0 Å². The number of likely N-dealkylation sites (tertiary alicyclic amines) is 2. The highest BCUT2D eigenvalue weighted by molar-refractivity contribution is 7.79. The van der Waals surface area contributed by atoms with Crippen molar-refractivity contribution in [2.24, 2.45) is 11.3 Å². The topological polar surface area (TPSA) is 6.48 Å². The maximum Gasteiger partial charge on any atom is 0.0190 e. The molecular weight excluding hydrogens is 264 g/mol. The Hall–Kier alpha value is 0.0100. The van der Waals surface area contributed by atoms with E-state index in [4.69, 9.17) is 0 Å². The van der Waals surface area contributed by atoms with E-state index < -0.39 is 0 Å². The number of hydrogen-bond acceptors (Lipinski definition) is 3. The molecule has 3 heteroatoms. The SMILES string of the molecule is C/C=C1/CCN(C)C1.CN1CCC(C2(C)CC2)C1.CS. The number of hydrogen-bond donors (Lipinski definition) is 1. The fourth-order valence-corrected chi connectivity index (χ4v) is 3.18. The summed E-state index contributed by atoms with van der Waals surface area (Å²) in [6.07, 6.45) is 9.64. The Balaban J connectivity index is 0.000000182. The molecule has 2 aliphatic heterocycles. The predicted molar refractivity (Wildman–Crippen MR) is 93.7 cm³/mol. The second-order valence-electron chi connectivity index (χ2n) is 6.84. The third kappa shape index (κ3) is 5.42. The Morgan fingerprint density at radius 3 is 2.10 bits per heavy atom. The van der Waals surface area contributed by atoms with Crippen LogP contribution in [0.3, 0.4) is 0 Å². The second-order valence-corrected chi connectivity index (χ2v) is 6.84. The molecule has 118 valence electrons. The van der Waals surface area contributed by atoms with Crippen molar-refractivity contribution in [1.29, 1.82) is 0 Å². The van der Waals surface area contributed by atoms with Gasteiger partial charge in [-0.25, -0.2) is 0 Å². The zero-order chi connectivity index (χ0) is 15.2. The van der Waals surface area contributed by atoms with Crippen LogP contribution >= 0.6 is 12.6 Å². The predicted octanol–water partition coefficient (Wildman–Crippen LogP) is 3.55. The summed E-state index contributed by atoms with van der Waals surface area (Å²) in [6, 6.07) is 0. The number of thiol groups is 1. The van der Waals surface area contributed by atoms with Gasteiger partial charge in [0.25, 0.3) is 0 Å². The molecule has 2 saturated heterocycles. The monoisotopic (exact) mass is 298 g/mol. The van der Waals surface area contributed by atoms with Gasteiger partial charge in [0.2, 0.25) is 0 Å². The van der Waals surface area contributed by atoms with E-state index in [2.05, 4.69) is 56.4 Å². The van der Waals surface area contributed by atoms with Crippen molar-refractivity contribution < 1.29 is 0 Å².